The minimum atomic E-state index is -0.00433. The Morgan fingerprint density at radius 3 is 2.79 bits per heavy atom. The number of H-pyrrole nitrogens is 1. The highest BCUT2D eigenvalue weighted by atomic mass is 32.2. The van der Waals surface area contributed by atoms with E-state index in [1.807, 2.05) is 30.5 Å². The van der Waals surface area contributed by atoms with Crippen LogP contribution in [-0.4, -0.2) is 22.3 Å². The second-order valence-electron chi connectivity index (χ2n) is 4.23. The van der Waals surface area contributed by atoms with Crippen molar-refractivity contribution in [3.63, 3.8) is 0 Å². The predicted octanol–water partition coefficient (Wildman–Crippen LogP) is 2.99. The maximum atomic E-state index is 6.16. The second-order valence-corrected chi connectivity index (χ2v) is 5.24. The van der Waals surface area contributed by atoms with Crippen LogP contribution in [0.5, 0.6) is 5.75 Å². The van der Waals surface area contributed by atoms with Gasteiger partial charge in [0, 0.05) is 24.2 Å². The number of aromatic amines is 1. The van der Waals surface area contributed by atoms with Crippen LogP contribution in [0, 0.1) is 0 Å². The maximum Gasteiger partial charge on any atom is 0.165 e. The number of nitrogens with two attached hydrogens (primary N) is 1. The minimum Gasteiger partial charge on any atom is -0.494 e. The fraction of sp³-hybridized carbons (Fsp3) is 0.357. The van der Waals surface area contributed by atoms with Gasteiger partial charge in [0.2, 0.25) is 0 Å². The molecule has 0 aliphatic rings. The molecule has 2 aromatic rings. The molecular formula is C14H19N3OS. The van der Waals surface area contributed by atoms with Crippen molar-refractivity contribution in [2.45, 2.75) is 24.5 Å². The Morgan fingerprint density at radius 2 is 2.16 bits per heavy atom. The van der Waals surface area contributed by atoms with Crippen molar-refractivity contribution in [3.05, 3.63) is 42.2 Å². The molecule has 0 bridgehead atoms. The van der Waals surface area contributed by atoms with Gasteiger partial charge in [-0.3, -0.25) is 0 Å². The van der Waals surface area contributed by atoms with E-state index in [9.17, 15) is 0 Å². The Morgan fingerprint density at radius 1 is 1.37 bits per heavy atom. The lowest BCUT2D eigenvalue weighted by atomic mass is 10.1. The highest BCUT2D eigenvalue weighted by Gasteiger charge is 2.07. The zero-order chi connectivity index (χ0) is 13.5. The molecule has 1 atom stereocenters. The second kappa shape index (κ2) is 7.21. The van der Waals surface area contributed by atoms with Gasteiger partial charge in [-0.2, -0.15) is 0 Å². The topological polar surface area (TPSA) is 63.9 Å². The van der Waals surface area contributed by atoms with Gasteiger partial charge in [-0.1, -0.05) is 30.8 Å². The van der Waals surface area contributed by atoms with Gasteiger partial charge < -0.3 is 15.5 Å². The number of nitrogens with zero attached hydrogens (tertiary/aromatic N) is 1. The fourth-order valence-electron chi connectivity index (χ4n) is 1.63. The largest absolute Gasteiger partial charge is 0.494 e. The van der Waals surface area contributed by atoms with Crippen molar-refractivity contribution in [2.75, 3.05) is 12.4 Å². The van der Waals surface area contributed by atoms with E-state index in [1.54, 1.807) is 18.0 Å². The maximum absolute atomic E-state index is 6.16. The van der Waals surface area contributed by atoms with Gasteiger partial charge in [-0.15, -0.1) is 0 Å². The van der Waals surface area contributed by atoms with Crippen LogP contribution in [0.1, 0.15) is 24.9 Å². The lowest BCUT2D eigenvalue weighted by Gasteiger charge is -2.12. The van der Waals surface area contributed by atoms with Crippen molar-refractivity contribution >= 4 is 11.8 Å². The number of benzene rings is 1. The SMILES string of the molecule is CCCOc1ccc(C(N)CSc2ncc[nH]2)cc1. The van der Waals surface area contributed by atoms with Crippen molar-refractivity contribution < 1.29 is 4.74 Å². The number of aromatic nitrogens is 2. The Hall–Kier alpha value is -1.46. The summed E-state index contributed by atoms with van der Waals surface area (Å²) in [6.07, 6.45) is 4.57. The van der Waals surface area contributed by atoms with Crippen LogP contribution in [0.15, 0.2) is 41.8 Å². The third kappa shape index (κ3) is 4.29. The average molecular weight is 277 g/mol. The van der Waals surface area contributed by atoms with E-state index in [0.29, 0.717) is 0 Å². The monoisotopic (exact) mass is 277 g/mol. The van der Waals surface area contributed by atoms with Crippen LogP contribution >= 0.6 is 11.8 Å². The molecule has 3 N–H and O–H groups in total. The summed E-state index contributed by atoms with van der Waals surface area (Å²) in [6, 6.07) is 8.00. The molecule has 1 aromatic heterocycles. The van der Waals surface area contributed by atoms with Gasteiger partial charge >= 0.3 is 0 Å². The molecule has 0 spiro atoms. The number of ether oxygens (including phenoxy) is 1. The van der Waals surface area contributed by atoms with E-state index < -0.39 is 0 Å². The highest BCUT2D eigenvalue weighted by molar-refractivity contribution is 7.99. The molecule has 2 rings (SSSR count). The van der Waals surface area contributed by atoms with Gasteiger partial charge in [0.1, 0.15) is 5.75 Å². The molecule has 5 heteroatoms. The van der Waals surface area contributed by atoms with Crippen molar-refractivity contribution in [2.24, 2.45) is 5.73 Å². The van der Waals surface area contributed by atoms with Crippen molar-refractivity contribution in [3.8, 4) is 5.75 Å². The van der Waals surface area contributed by atoms with E-state index in [0.717, 1.165) is 35.2 Å². The molecule has 1 aromatic carbocycles. The summed E-state index contributed by atoms with van der Waals surface area (Å²) in [6.45, 7) is 2.84. The Bertz CT molecular complexity index is 470. The molecule has 1 heterocycles. The molecule has 1 unspecified atom stereocenters. The minimum absolute atomic E-state index is 0.00433. The van der Waals surface area contributed by atoms with E-state index in [-0.39, 0.29) is 6.04 Å². The van der Waals surface area contributed by atoms with Gasteiger partial charge in [-0.05, 0) is 24.1 Å². The van der Waals surface area contributed by atoms with Crippen LogP contribution in [0.25, 0.3) is 0 Å². The standard InChI is InChI=1S/C14H19N3OS/c1-2-9-18-12-5-3-11(4-6-12)13(15)10-19-14-16-7-8-17-14/h3-8,13H,2,9-10,15H2,1H3,(H,16,17). The van der Waals surface area contributed by atoms with E-state index >= 15 is 0 Å². The summed E-state index contributed by atoms with van der Waals surface area (Å²) >= 11 is 1.63. The summed E-state index contributed by atoms with van der Waals surface area (Å²) in [5, 5.41) is 0.901. The Labute approximate surface area is 117 Å². The quantitative estimate of drug-likeness (QED) is 0.764. The molecule has 0 fully saturated rings. The number of rotatable bonds is 7. The number of hydrogen-bond donors (Lipinski definition) is 2. The highest BCUT2D eigenvalue weighted by Crippen LogP contribution is 2.22. The summed E-state index contributed by atoms with van der Waals surface area (Å²) in [5.74, 6) is 1.69. The first kappa shape index (κ1) is 14.0. The van der Waals surface area contributed by atoms with Crippen LogP contribution < -0.4 is 10.5 Å². The molecule has 102 valence electrons. The van der Waals surface area contributed by atoms with Crippen LogP contribution in [0.4, 0.5) is 0 Å². The molecule has 0 aliphatic carbocycles. The zero-order valence-electron chi connectivity index (χ0n) is 11.0. The lowest BCUT2D eigenvalue weighted by Crippen LogP contribution is -2.13. The summed E-state index contributed by atoms with van der Waals surface area (Å²) in [7, 11) is 0. The lowest BCUT2D eigenvalue weighted by molar-refractivity contribution is 0.317. The van der Waals surface area contributed by atoms with E-state index in [4.69, 9.17) is 10.5 Å². The number of thioether (sulfide) groups is 1. The third-order valence-corrected chi connectivity index (χ3v) is 3.68. The van der Waals surface area contributed by atoms with Crippen molar-refractivity contribution in [1.82, 2.24) is 9.97 Å². The fourth-order valence-corrected chi connectivity index (χ4v) is 2.44. The number of nitrogens with one attached hydrogen (secondary N) is 1. The van der Waals surface area contributed by atoms with Crippen LogP contribution in [-0.2, 0) is 0 Å². The van der Waals surface area contributed by atoms with Gasteiger partial charge in [0.05, 0.1) is 6.61 Å². The molecule has 4 nitrogen and oxygen atoms in total. The first-order valence-corrected chi connectivity index (χ1v) is 7.38. The number of hydrogen-bond acceptors (Lipinski definition) is 4. The normalized spacial score (nSPS) is 12.3. The summed E-state index contributed by atoms with van der Waals surface area (Å²) < 4.78 is 5.55. The van der Waals surface area contributed by atoms with E-state index in [2.05, 4.69) is 16.9 Å². The zero-order valence-corrected chi connectivity index (χ0v) is 11.8. The van der Waals surface area contributed by atoms with Gasteiger partial charge in [-0.25, -0.2) is 4.98 Å². The van der Waals surface area contributed by atoms with E-state index in [1.165, 1.54) is 0 Å². The Kier molecular flexibility index (Phi) is 5.30. The molecule has 19 heavy (non-hydrogen) atoms. The average Bonchev–Trinajstić information content (AvgIpc) is 2.96. The first-order chi connectivity index (χ1) is 9.29. The summed E-state index contributed by atoms with van der Waals surface area (Å²) in [4.78, 5) is 7.21. The molecule has 0 saturated heterocycles. The molecule has 0 radical (unpaired) electrons. The van der Waals surface area contributed by atoms with Crippen molar-refractivity contribution in [1.29, 1.82) is 0 Å². The van der Waals surface area contributed by atoms with Crippen LogP contribution in [0.2, 0.25) is 0 Å². The Balaban J connectivity index is 1.86. The number of imidazole rings is 1. The molecular weight excluding hydrogens is 258 g/mol. The molecule has 0 amide bonds. The smallest absolute Gasteiger partial charge is 0.165 e. The first-order valence-electron chi connectivity index (χ1n) is 6.40. The predicted molar refractivity (Wildman–Crippen MR) is 78.5 cm³/mol. The molecule has 0 aliphatic heterocycles. The molecule has 0 saturated carbocycles. The third-order valence-electron chi connectivity index (χ3n) is 2.65. The summed E-state index contributed by atoms with van der Waals surface area (Å²) in [5.41, 5.74) is 7.27. The van der Waals surface area contributed by atoms with Gasteiger partial charge in [0.25, 0.3) is 0 Å². The van der Waals surface area contributed by atoms with Gasteiger partial charge in [0.15, 0.2) is 5.16 Å². The van der Waals surface area contributed by atoms with Crippen LogP contribution in [0.3, 0.4) is 0 Å².